The molecule has 0 spiro atoms. The average molecular weight is 465 g/mol. The highest BCUT2D eigenvalue weighted by Gasteiger charge is 2.19. The maximum absolute atomic E-state index is 12.7. The Labute approximate surface area is 189 Å². The lowest BCUT2D eigenvalue weighted by Gasteiger charge is -2.14. The Hall–Kier alpha value is -2.39. The standard InChI is InChI=1S/C21H21ClN2O4S2/c1-3-27-10-11-28-16-7-5-4-6-15(16)23-21(29)24-20(25)19-18(22)14-9-8-13(26-2)12-17(14)30-19/h4-9,12H,3,10-11H2,1-2H3,(H2,23,24,25,29). The first-order valence-electron chi connectivity index (χ1n) is 9.21. The minimum Gasteiger partial charge on any atom is -0.497 e. The van der Waals surface area contributed by atoms with E-state index in [1.807, 2.05) is 43.3 Å². The first-order valence-corrected chi connectivity index (χ1v) is 10.8. The summed E-state index contributed by atoms with van der Waals surface area (Å²) in [5, 5.41) is 7.00. The molecule has 0 atom stereocenters. The first-order chi connectivity index (χ1) is 14.5. The zero-order chi connectivity index (χ0) is 21.5. The molecular weight excluding hydrogens is 444 g/mol. The SMILES string of the molecule is CCOCCOc1ccccc1NC(=S)NC(=O)c1sc2cc(OC)ccc2c1Cl. The summed E-state index contributed by atoms with van der Waals surface area (Å²) >= 11 is 13.0. The fourth-order valence-corrected chi connectivity index (χ4v) is 4.33. The van der Waals surface area contributed by atoms with Crippen LogP contribution in [0.25, 0.3) is 10.1 Å². The van der Waals surface area contributed by atoms with Crippen molar-refractivity contribution in [3.8, 4) is 11.5 Å². The molecule has 0 radical (unpaired) electrons. The van der Waals surface area contributed by atoms with E-state index >= 15 is 0 Å². The Bertz CT molecular complexity index is 1050. The maximum Gasteiger partial charge on any atom is 0.269 e. The number of carbonyl (C=O) groups excluding carboxylic acids is 1. The van der Waals surface area contributed by atoms with Crippen LogP contribution in [0.1, 0.15) is 16.6 Å². The molecular formula is C21H21ClN2O4S2. The van der Waals surface area contributed by atoms with Gasteiger partial charge in [0.05, 0.1) is 24.4 Å². The number of fused-ring (bicyclic) bond motifs is 1. The minimum atomic E-state index is -0.382. The third-order valence-electron chi connectivity index (χ3n) is 4.09. The van der Waals surface area contributed by atoms with Crippen LogP contribution in [-0.4, -0.2) is 38.0 Å². The molecule has 158 valence electrons. The van der Waals surface area contributed by atoms with Crippen LogP contribution < -0.4 is 20.1 Å². The summed E-state index contributed by atoms with van der Waals surface area (Å²) < 4.78 is 17.1. The summed E-state index contributed by atoms with van der Waals surface area (Å²) in [7, 11) is 1.59. The van der Waals surface area contributed by atoms with Gasteiger partial charge in [0.25, 0.3) is 5.91 Å². The highest BCUT2D eigenvalue weighted by molar-refractivity contribution is 7.80. The number of anilines is 1. The second kappa shape index (κ2) is 10.6. The summed E-state index contributed by atoms with van der Waals surface area (Å²) in [5.74, 6) is 0.929. The van der Waals surface area contributed by atoms with Gasteiger partial charge in [-0.15, -0.1) is 11.3 Å². The van der Waals surface area contributed by atoms with Gasteiger partial charge in [-0.2, -0.15) is 0 Å². The van der Waals surface area contributed by atoms with Gasteiger partial charge < -0.3 is 19.5 Å². The molecule has 0 bridgehead atoms. The average Bonchev–Trinajstić information content (AvgIpc) is 3.08. The molecule has 0 aliphatic carbocycles. The van der Waals surface area contributed by atoms with E-state index in [4.69, 9.17) is 38.0 Å². The Morgan fingerprint density at radius 1 is 1.20 bits per heavy atom. The normalized spacial score (nSPS) is 10.6. The quantitative estimate of drug-likeness (QED) is 0.357. The second-order valence-electron chi connectivity index (χ2n) is 6.06. The third kappa shape index (κ3) is 5.40. The number of para-hydroxylation sites is 2. The van der Waals surface area contributed by atoms with Crippen molar-refractivity contribution in [3.63, 3.8) is 0 Å². The summed E-state index contributed by atoms with van der Waals surface area (Å²) in [6.45, 7) is 3.45. The number of rotatable bonds is 8. The molecule has 3 aromatic rings. The molecule has 30 heavy (non-hydrogen) atoms. The van der Waals surface area contributed by atoms with Gasteiger partial charge in [-0.1, -0.05) is 23.7 Å². The summed E-state index contributed by atoms with van der Waals surface area (Å²) in [6.07, 6.45) is 0. The Morgan fingerprint density at radius 3 is 2.77 bits per heavy atom. The van der Waals surface area contributed by atoms with Gasteiger partial charge >= 0.3 is 0 Å². The number of methoxy groups -OCH3 is 1. The van der Waals surface area contributed by atoms with E-state index in [-0.39, 0.29) is 11.0 Å². The number of benzene rings is 2. The predicted molar refractivity (Wildman–Crippen MR) is 126 cm³/mol. The largest absolute Gasteiger partial charge is 0.497 e. The Morgan fingerprint density at radius 2 is 2.00 bits per heavy atom. The lowest BCUT2D eigenvalue weighted by molar-refractivity contribution is 0.0982. The van der Waals surface area contributed by atoms with Crippen LogP contribution >= 0.6 is 35.2 Å². The smallest absolute Gasteiger partial charge is 0.269 e. The molecule has 0 saturated heterocycles. The first kappa shape index (κ1) is 22.3. The molecule has 6 nitrogen and oxygen atoms in total. The molecule has 0 fully saturated rings. The number of halogens is 1. The number of thiocarbonyl (C=S) groups is 1. The molecule has 0 unspecified atom stereocenters. The second-order valence-corrected chi connectivity index (χ2v) is 7.90. The Kier molecular flexibility index (Phi) is 7.87. The Balaban J connectivity index is 1.67. The van der Waals surface area contributed by atoms with Crippen molar-refractivity contribution < 1.29 is 19.0 Å². The van der Waals surface area contributed by atoms with E-state index in [0.717, 1.165) is 10.1 Å². The zero-order valence-electron chi connectivity index (χ0n) is 16.5. The summed E-state index contributed by atoms with van der Waals surface area (Å²) in [5.41, 5.74) is 0.645. The molecule has 1 amide bonds. The summed E-state index contributed by atoms with van der Waals surface area (Å²) in [6, 6.07) is 12.8. The van der Waals surface area contributed by atoms with Crippen LogP contribution in [0.15, 0.2) is 42.5 Å². The maximum atomic E-state index is 12.7. The van der Waals surface area contributed by atoms with E-state index in [9.17, 15) is 4.79 Å². The lowest BCUT2D eigenvalue weighted by Crippen LogP contribution is -2.33. The zero-order valence-corrected chi connectivity index (χ0v) is 18.9. The molecule has 2 N–H and O–H groups in total. The van der Waals surface area contributed by atoms with Crippen LogP contribution in [0.5, 0.6) is 11.5 Å². The number of thiophene rings is 1. The van der Waals surface area contributed by atoms with E-state index in [1.165, 1.54) is 11.3 Å². The highest BCUT2D eigenvalue weighted by Crippen LogP contribution is 2.37. The van der Waals surface area contributed by atoms with Gasteiger partial charge in [0.15, 0.2) is 5.11 Å². The van der Waals surface area contributed by atoms with Gasteiger partial charge in [0.2, 0.25) is 0 Å². The molecule has 0 aliphatic heterocycles. The minimum absolute atomic E-state index is 0.145. The van der Waals surface area contributed by atoms with E-state index in [1.54, 1.807) is 13.2 Å². The van der Waals surface area contributed by atoms with E-state index in [0.29, 0.717) is 46.9 Å². The van der Waals surface area contributed by atoms with Crippen molar-refractivity contribution in [2.75, 3.05) is 32.2 Å². The van der Waals surface area contributed by atoms with Crippen molar-refractivity contribution in [2.45, 2.75) is 6.92 Å². The van der Waals surface area contributed by atoms with Crippen molar-refractivity contribution >= 4 is 61.9 Å². The monoisotopic (exact) mass is 464 g/mol. The number of hydrogen-bond donors (Lipinski definition) is 2. The fraction of sp³-hybridized carbons (Fsp3) is 0.238. The molecule has 1 aromatic heterocycles. The van der Waals surface area contributed by atoms with Gasteiger partial charge in [-0.3, -0.25) is 10.1 Å². The molecule has 0 aliphatic rings. The summed E-state index contributed by atoms with van der Waals surface area (Å²) in [4.78, 5) is 13.1. The van der Waals surface area contributed by atoms with Crippen molar-refractivity contribution in [2.24, 2.45) is 0 Å². The molecule has 2 aromatic carbocycles. The van der Waals surface area contributed by atoms with Crippen molar-refractivity contribution in [3.05, 3.63) is 52.4 Å². The van der Waals surface area contributed by atoms with Crippen molar-refractivity contribution in [1.82, 2.24) is 5.32 Å². The van der Waals surface area contributed by atoms with Gasteiger partial charge in [0, 0.05) is 16.7 Å². The van der Waals surface area contributed by atoms with Crippen molar-refractivity contribution in [1.29, 1.82) is 0 Å². The molecule has 9 heteroatoms. The fourth-order valence-electron chi connectivity index (χ4n) is 2.68. The topological polar surface area (TPSA) is 68.8 Å². The third-order valence-corrected chi connectivity index (χ3v) is 5.95. The van der Waals surface area contributed by atoms with Crippen LogP contribution in [0, 0.1) is 0 Å². The molecule has 3 rings (SSSR count). The number of hydrogen-bond acceptors (Lipinski definition) is 6. The van der Waals surface area contributed by atoms with Crippen LogP contribution in [0.4, 0.5) is 5.69 Å². The lowest BCUT2D eigenvalue weighted by atomic mass is 10.2. The van der Waals surface area contributed by atoms with E-state index in [2.05, 4.69) is 10.6 Å². The molecule has 1 heterocycles. The number of amides is 1. The van der Waals surface area contributed by atoms with Crippen LogP contribution in [0.3, 0.4) is 0 Å². The van der Waals surface area contributed by atoms with Gasteiger partial charge in [-0.25, -0.2) is 0 Å². The molecule has 0 saturated carbocycles. The number of carbonyl (C=O) groups is 1. The van der Waals surface area contributed by atoms with Crippen LogP contribution in [-0.2, 0) is 4.74 Å². The predicted octanol–water partition coefficient (Wildman–Crippen LogP) is 5.11. The van der Waals surface area contributed by atoms with Gasteiger partial charge in [-0.05, 0) is 49.5 Å². The van der Waals surface area contributed by atoms with E-state index < -0.39 is 0 Å². The highest BCUT2D eigenvalue weighted by atomic mass is 35.5. The van der Waals surface area contributed by atoms with Gasteiger partial charge in [0.1, 0.15) is 23.0 Å². The van der Waals surface area contributed by atoms with Crippen LogP contribution in [0.2, 0.25) is 5.02 Å². The number of ether oxygens (including phenoxy) is 3. The number of nitrogens with one attached hydrogen (secondary N) is 2.